The van der Waals surface area contributed by atoms with Gasteiger partial charge in [0.05, 0.1) is 0 Å². The first kappa shape index (κ1) is 15.4. The lowest BCUT2D eigenvalue weighted by molar-refractivity contribution is 0.0945. The van der Waals surface area contributed by atoms with Crippen LogP contribution in [0.3, 0.4) is 0 Å². The van der Waals surface area contributed by atoms with Crippen molar-refractivity contribution in [1.29, 1.82) is 0 Å². The molecule has 2 aromatic rings. The van der Waals surface area contributed by atoms with Crippen LogP contribution in [-0.4, -0.2) is 33.4 Å². The normalized spacial score (nSPS) is 13.5. The summed E-state index contributed by atoms with van der Waals surface area (Å²) >= 11 is 0. The average Bonchev–Trinajstić information content (AvgIpc) is 3.04. The molecule has 2 aromatic heterocycles. The van der Waals surface area contributed by atoms with Crippen LogP contribution in [0.5, 0.6) is 0 Å². The zero-order valence-electron chi connectivity index (χ0n) is 13.2. The molecule has 0 unspecified atom stereocenters. The second kappa shape index (κ2) is 6.29. The Morgan fingerprint density at radius 3 is 2.96 bits per heavy atom. The Morgan fingerprint density at radius 2 is 2.22 bits per heavy atom. The minimum Gasteiger partial charge on any atom is -0.347 e. The molecule has 0 fully saturated rings. The van der Waals surface area contributed by atoms with Crippen LogP contribution in [0.1, 0.15) is 50.3 Å². The summed E-state index contributed by atoms with van der Waals surface area (Å²) in [5, 5.41) is 12.6. The molecule has 3 N–H and O–H groups in total. The molecule has 120 valence electrons. The number of nitrogens with one attached hydrogen (secondary N) is 3. The summed E-state index contributed by atoms with van der Waals surface area (Å²) < 4.78 is 0. The van der Waals surface area contributed by atoms with E-state index in [0.717, 1.165) is 30.8 Å². The average molecular weight is 313 g/mol. The number of hydrogen-bond donors (Lipinski definition) is 3. The maximum Gasteiger partial charge on any atom is 0.269 e. The summed E-state index contributed by atoms with van der Waals surface area (Å²) in [7, 11) is 0. The molecule has 3 heterocycles. The number of rotatable bonds is 4. The number of H-pyrrole nitrogens is 1. The Hall–Kier alpha value is -2.54. The number of nitrogens with zero attached hydrogens (tertiary/aromatic N) is 2. The first-order valence-corrected chi connectivity index (χ1v) is 7.57. The van der Waals surface area contributed by atoms with Gasteiger partial charge in [0.2, 0.25) is 0 Å². The number of carbonyl (C=O) groups excluding carboxylic acids is 2. The van der Waals surface area contributed by atoms with Crippen molar-refractivity contribution >= 4 is 11.7 Å². The molecular formula is C16H19N5O2. The third-order valence-corrected chi connectivity index (χ3v) is 4.08. The van der Waals surface area contributed by atoms with Crippen LogP contribution in [0, 0.1) is 6.92 Å². The number of carbonyl (C=O) groups is 2. The largest absolute Gasteiger partial charge is 0.347 e. The van der Waals surface area contributed by atoms with Gasteiger partial charge in [-0.15, -0.1) is 0 Å². The molecule has 1 aliphatic rings. The fourth-order valence-corrected chi connectivity index (χ4v) is 2.76. The molecule has 0 aliphatic carbocycles. The van der Waals surface area contributed by atoms with Crippen LogP contribution in [-0.2, 0) is 19.5 Å². The monoisotopic (exact) mass is 313 g/mol. The number of amides is 1. The zero-order valence-corrected chi connectivity index (χ0v) is 13.2. The Labute approximate surface area is 133 Å². The van der Waals surface area contributed by atoms with Crippen LogP contribution >= 0.6 is 0 Å². The van der Waals surface area contributed by atoms with Gasteiger partial charge < -0.3 is 10.6 Å². The molecule has 1 aliphatic heterocycles. The molecule has 0 saturated heterocycles. The van der Waals surface area contributed by atoms with Crippen molar-refractivity contribution in [3.05, 3.63) is 46.0 Å². The summed E-state index contributed by atoms with van der Waals surface area (Å²) in [5.41, 5.74) is 5.00. The predicted octanol–water partition coefficient (Wildman–Crippen LogP) is 0.891. The maximum atomic E-state index is 12.2. The molecule has 0 aromatic carbocycles. The van der Waals surface area contributed by atoms with E-state index in [9.17, 15) is 9.59 Å². The fraction of sp³-hybridized carbons (Fsp3) is 0.375. The van der Waals surface area contributed by atoms with Crippen molar-refractivity contribution in [2.45, 2.75) is 33.4 Å². The molecule has 3 rings (SSSR count). The minimum absolute atomic E-state index is 0.176. The molecule has 0 saturated carbocycles. The predicted molar refractivity (Wildman–Crippen MR) is 84.1 cm³/mol. The number of pyridine rings is 1. The second-order valence-electron chi connectivity index (χ2n) is 5.66. The van der Waals surface area contributed by atoms with Crippen molar-refractivity contribution < 1.29 is 9.59 Å². The molecule has 0 atom stereocenters. The van der Waals surface area contributed by atoms with E-state index in [2.05, 4.69) is 25.8 Å². The van der Waals surface area contributed by atoms with Gasteiger partial charge >= 0.3 is 0 Å². The minimum atomic E-state index is -0.282. The molecule has 1 amide bonds. The van der Waals surface area contributed by atoms with E-state index in [1.54, 1.807) is 0 Å². The van der Waals surface area contributed by atoms with Crippen molar-refractivity contribution in [3.8, 4) is 0 Å². The molecule has 0 bridgehead atoms. The molecule has 23 heavy (non-hydrogen) atoms. The van der Waals surface area contributed by atoms with E-state index >= 15 is 0 Å². The van der Waals surface area contributed by atoms with Crippen LogP contribution < -0.4 is 10.6 Å². The van der Waals surface area contributed by atoms with E-state index in [-0.39, 0.29) is 23.1 Å². The SMILES string of the molecule is CC(=O)c1cc(C(=O)NCc2c(C)ncc3c2CCNC3)[nH]n1. The smallest absolute Gasteiger partial charge is 0.269 e. The summed E-state index contributed by atoms with van der Waals surface area (Å²) in [6.45, 7) is 5.52. The zero-order chi connectivity index (χ0) is 16.4. The number of ketones is 1. The summed E-state index contributed by atoms with van der Waals surface area (Å²) in [4.78, 5) is 27.9. The van der Waals surface area contributed by atoms with E-state index in [1.165, 1.54) is 24.1 Å². The van der Waals surface area contributed by atoms with Gasteiger partial charge in [0.1, 0.15) is 11.4 Å². The number of Topliss-reactive ketones (excluding diaryl/α,β-unsaturated/α-hetero) is 1. The highest BCUT2D eigenvalue weighted by Crippen LogP contribution is 2.20. The van der Waals surface area contributed by atoms with E-state index < -0.39 is 0 Å². The van der Waals surface area contributed by atoms with Gasteiger partial charge in [-0.05, 0) is 42.6 Å². The van der Waals surface area contributed by atoms with Gasteiger partial charge in [-0.25, -0.2) is 0 Å². The molecule has 7 heteroatoms. The Bertz CT molecular complexity index is 766. The summed E-state index contributed by atoms with van der Waals surface area (Å²) in [6, 6.07) is 1.47. The molecule has 7 nitrogen and oxygen atoms in total. The van der Waals surface area contributed by atoms with Gasteiger partial charge in [0.25, 0.3) is 5.91 Å². The van der Waals surface area contributed by atoms with Crippen LogP contribution in [0.2, 0.25) is 0 Å². The lowest BCUT2D eigenvalue weighted by Crippen LogP contribution is -2.29. The third-order valence-electron chi connectivity index (χ3n) is 4.08. The van der Waals surface area contributed by atoms with E-state index in [1.807, 2.05) is 13.1 Å². The van der Waals surface area contributed by atoms with Crippen molar-refractivity contribution in [2.75, 3.05) is 6.54 Å². The number of aromatic nitrogens is 3. The Morgan fingerprint density at radius 1 is 1.39 bits per heavy atom. The first-order chi connectivity index (χ1) is 11.1. The summed E-state index contributed by atoms with van der Waals surface area (Å²) in [5.74, 6) is -0.457. The second-order valence-corrected chi connectivity index (χ2v) is 5.66. The van der Waals surface area contributed by atoms with Gasteiger partial charge in [0.15, 0.2) is 5.78 Å². The van der Waals surface area contributed by atoms with Crippen LogP contribution in [0.25, 0.3) is 0 Å². The van der Waals surface area contributed by atoms with Gasteiger partial charge in [-0.1, -0.05) is 0 Å². The van der Waals surface area contributed by atoms with Crippen molar-refractivity contribution in [1.82, 2.24) is 25.8 Å². The maximum absolute atomic E-state index is 12.2. The number of fused-ring (bicyclic) bond motifs is 1. The third kappa shape index (κ3) is 3.14. The van der Waals surface area contributed by atoms with E-state index in [4.69, 9.17) is 0 Å². The molecule has 0 spiro atoms. The van der Waals surface area contributed by atoms with Crippen LogP contribution in [0.15, 0.2) is 12.3 Å². The highest BCUT2D eigenvalue weighted by Gasteiger charge is 2.17. The van der Waals surface area contributed by atoms with E-state index in [0.29, 0.717) is 6.54 Å². The highest BCUT2D eigenvalue weighted by atomic mass is 16.2. The topological polar surface area (TPSA) is 99.8 Å². The quantitative estimate of drug-likeness (QED) is 0.728. The Kier molecular flexibility index (Phi) is 4.20. The number of aromatic amines is 1. The lowest BCUT2D eigenvalue weighted by Gasteiger charge is -2.21. The molecule has 0 radical (unpaired) electrons. The van der Waals surface area contributed by atoms with Gasteiger partial charge in [-0.3, -0.25) is 19.7 Å². The number of aryl methyl sites for hydroxylation is 1. The number of hydrogen-bond acceptors (Lipinski definition) is 5. The van der Waals surface area contributed by atoms with Gasteiger partial charge in [0, 0.05) is 31.9 Å². The summed E-state index contributed by atoms with van der Waals surface area (Å²) in [6.07, 6.45) is 2.83. The standard InChI is InChI=1S/C16H19N5O2/c1-9-13(12-3-4-17-6-11(12)7-18-9)8-19-16(23)15-5-14(10(2)22)20-21-15/h5,7,17H,3-4,6,8H2,1-2H3,(H,19,23)(H,20,21). The molecular weight excluding hydrogens is 294 g/mol. The Balaban J connectivity index is 1.75. The van der Waals surface area contributed by atoms with Gasteiger partial charge in [-0.2, -0.15) is 5.10 Å². The van der Waals surface area contributed by atoms with Crippen LogP contribution in [0.4, 0.5) is 0 Å². The fourth-order valence-electron chi connectivity index (χ4n) is 2.76. The van der Waals surface area contributed by atoms with Crippen molar-refractivity contribution in [3.63, 3.8) is 0 Å². The first-order valence-electron chi connectivity index (χ1n) is 7.57. The lowest BCUT2D eigenvalue weighted by atomic mass is 9.96. The van der Waals surface area contributed by atoms with Crippen molar-refractivity contribution in [2.24, 2.45) is 0 Å². The highest BCUT2D eigenvalue weighted by molar-refractivity contribution is 5.97.